The van der Waals surface area contributed by atoms with Crippen molar-refractivity contribution < 1.29 is 14.4 Å². The van der Waals surface area contributed by atoms with Crippen LogP contribution in [0.2, 0.25) is 0 Å². The Hall–Kier alpha value is -1.93. The first-order chi connectivity index (χ1) is 12.4. The third-order valence-electron chi connectivity index (χ3n) is 4.15. The van der Waals surface area contributed by atoms with Gasteiger partial charge < -0.3 is 10.2 Å². The van der Waals surface area contributed by atoms with E-state index in [4.69, 9.17) is 12.2 Å². The molecule has 8 heteroatoms. The molecule has 1 saturated heterocycles. The number of hydrogen-bond donors (Lipinski definition) is 1. The number of carbonyl (C=O) groups is 3. The van der Waals surface area contributed by atoms with E-state index < -0.39 is 0 Å². The van der Waals surface area contributed by atoms with Gasteiger partial charge in [0.25, 0.3) is 5.91 Å². The van der Waals surface area contributed by atoms with E-state index >= 15 is 0 Å². The van der Waals surface area contributed by atoms with Gasteiger partial charge in [0.1, 0.15) is 4.32 Å². The highest BCUT2D eigenvalue weighted by molar-refractivity contribution is 8.23. The molecule has 1 N–H and O–H groups in total. The lowest BCUT2D eigenvalue weighted by Gasteiger charge is -2.18. The molecular formula is C18H23N3O3S2. The zero-order valence-corrected chi connectivity index (χ0v) is 16.6. The molecular weight excluding hydrogens is 370 g/mol. The van der Waals surface area contributed by atoms with Crippen LogP contribution in [0.25, 0.3) is 0 Å². The highest BCUT2D eigenvalue weighted by atomic mass is 32.2. The highest BCUT2D eigenvalue weighted by Crippen LogP contribution is 2.19. The molecule has 140 valence electrons. The monoisotopic (exact) mass is 393 g/mol. The van der Waals surface area contributed by atoms with Gasteiger partial charge in [0.05, 0.1) is 5.75 Å². The van der Waals surface area contributed by atoms with E-state index in [1.807, 2.05) is 12.1 Å². The average molecular weight is 394 g/mol. The van der Waals surface area contributed by atoms with Crippen molar-refractivity contribution in [2.45, 2.75) is 25.8 Å². The molecule has 0 bridgehead atoms. The van der Waals surface area contributed by atoms with Crippen molar-refractivity contribution in [3.05, 3.63) is 35.4 Å². The normalized spacial score (nSPS) is 13.8. The Morgan fingerprint density at radius 1 is 1.27 bits per heavy atom. The molecule has 26 heavy (non-hydrogen) atoms. The standard InChI is InChI=1S/C18H23N3O3S2/c1-19-17(24)14-8-6-13(7-9-14)11-20(2)15(22)5-3-4-10-21-16(23)12-26-18(21)25/h6-9H,3-5,10-12H2,1-2H3,(H,19,24). The minimum atomic E-state index is -0.129. The van der Waals surface area contributed by atoms with E-state index in [-0.39, 0.29) is 17.7 Å². The second kappa shape index (κ2) is 9.68. The number of thioether (sulfide) groups is 1. The summed E-state index contributed by atoms with van der Waals surface area (Å²) in [6.45, 7) is 1.08. The first kappa shape index (κ1) is 20.4. The van der Waals surface area contributed by atoms with Crippen molar-refractivity contribution in [1.29, 1.82) is 0 Å². The lowest BCUT2D eigenvalue weighted by Crippen LogP contribution is -2.30. The summed E-state index contributed by atoms with van der Waals surface area (Å²) in [6.07, 6.45) is 1.91. The molecule has 0 atom stereocenters. The number of carbonyl (C=O) groups excluding carboxylic acids is 3. The van der Waals surface area contributed by atoms with Crippen molar-refractivity contribution in [2.24, 2.45) is 0 Å². The van der Waals surface area contributed by atoms with Crippen LogP contribution in [-0.4, -0.2) is 58.2 Å². The zero-order chi connectivity index (χ0) is 19.1. The maximum Gasteiger partial charge on any atom is 0.251 e. The molecule has 0 spiro atoms. The van der Waals surface area contributed by atoms with Crippen molar-refractivity contribution >= 4 is 46.0 Å². The summed E-state index contributed by atoms with van der Waals surface area (Å²) in [5.41, 5.74) is 1.57. The van der Waals surface area contributed by atoms with Gasteiger partial charge in [-0.1, -0.05) is 36.1 Å². The lowest BCUT2D eigenvalue weighted by molar-refractivity contribution is -0.130. The van der Waals surface area contributed by atoms with Gasteiger partial charge in [-0.2, -0.15) is 0 Å². The van der Waals surface area contributed by atoms with Gasteiger partial charge in [0.15, 0.2) is 0 Å². The number of nitrogens with one attached hydrogen (secondary N) is 1. The zero-order valence-electron chi connectivity index (χ0n) is 15.0. The molecule has 0 aliphatic carbocycles. The molecule has 0 saturated carbocycles. The number of benzene rings is 1. The van der Waals surface area contributed by atoms with Crippen LogP contribution < -0.4 is 5.32 Å². The predicted molar refractivity (Wildman–Crippen MR) is 107 cm³/mol. The van der Waals surface area contributed by atoms with Crippen LogP contribution in [0, 0.1) is 0 Å². The Bertz CT molecular complexity index is 675. The van der Waals surface area contributed by atoms with Gasteiger partial charge in [-0.25, -0.2) is 0 Å². The van der Waals surface area contributed by atoms with Crippen molar-refractivity contribution in [3.8, 4) is 0 Å². The smallest absolute Gasteiger partial charge is 0.251 e. The molecule has 0 radical (unpaired) electrons. The molecule has 1 fully saturated rings. The molecule has 1 aliphatic heterocycles. The van der Waals surface area contributed by atoms with Crippen LogP contribution in [0.5, 0.6) is 0 Å². The summed E-state index contributed by atoms with van der Waals surface area (Å²) in [7, 11) is 3.36. The topological polar surface area (TPSA) is 69.7 Å². The summed E-state index contributed by atoms with van der Waals surface area (Å²) < 4.78 is 0.638. The Balaban J connectivity index is 1.72. The Kier molecular flexibility index (Phi) is 7.59. The first-order valence-electron chi connectivity index (χ1n) is 8.44. The van der Waals surface area contributed by atoms with E-state index in [1.165, 1.54) is 11.8 Å². The fourth-order valence-corrected chi connectivity index (χ4v) is 3.72. The molecule has 1 heterocycles. The first-order valence-corrected chi connectivity index (χ1v) is 9.84. The van der Waals surface area contributed by atoms with Crippen LogP contribution in [0.3, 0.4) is 0 Å². The number of rotatable bonds is 8. The number of unbranched alkanes of at least 4 members (excludes halogenated alkanes) is 1. The summed E-state index contributed by atoms with van der Waals surface area (Å²) in [5, 5.41) is 2.58. The van der Waals surface area contributed by atoms with Gasteiger partial charge in [-0.05, 0) is 30.5 Å². The minimum absolute atomic E-state index is 0.0589. The molecule has 0 aromatic heterocycles. The quantitative estimate of drug-likeness (QED) is 0.541. The van der Waals surface area contributed by atoms with Gasteiger partial charge in [-0.3, -0.25) is 19.3 Å². The lowest BCUT2D eigenvalue weighted by atomic mass is 10.1. The van der Waals surface area contributed by atoms with Crippen LogP contribution >= 0.6 is 24.0 Å². The summed E-state index contributed by atoms with van der Waals surface area (Å²) in [5.74, 6) is 0.420. The SMILES string of the molecule is CNC(=O)c1ccc(CN(C)C(=O)CCCCN2C(=O)CSC2=S)cc1. The fraction of sp³-hybridized carbons (Fsp3) is 0.444. The number of amides is 3. The van der Waals surface area contributed by atoms with Crippen molar-refractivity contribution in [1.82, 2.24) is 15.1 Å². The Morgan fingerprint density at radius 3 is 2.54 bits per heavy atom. The van der Waals surface area contributed by atoms with Crippen molar-refractivity contribution in [3.63, 3.8) is 0 Å². The van der Waals surface area contributed by atoms with E-state index in [0.29, 0.717) is 35.1 Å². The summed E-state index contributed by atoms with van der Waals surface area (Å²) in [4.78, 5) is 38.7. The van der Waals surface area contributed by atoms with E-state index in [2.05, 4.69) is 5.32 Å². The van der Waals surface area contributed by atoms with Crippen LogP contribution in [0.15, 0.2) is 24.3 Å². The Labute approximate surface area is 163 Å². The number of nitrogens with zero attached hydrogens (tertiary/aromatic N) is 2. The molecule has 6 nitrogen and oxygen atoms in total. The Morgan fingerprint density at radius 2 is 1.96 bits per heavy atom. The molecule has 1 aromatic rings. The third kappa shape index (κ3) is 5.54. The van der Waals surface area contributed by atoms with E-state index in [9.17, 15) is 14.4 Å². The maximum absolute atomic E-state index is 12.2. The second-order valence-corrected chi connectivity index (χ2v) is 7.69. The highest BCUT2D eigenvalue weighted by Gasteiger charge is 2.25. The van der Waals surface area contributed by atoms with E-state index in [1.54, 1.807) is 36.0 Å². The molecule has 3 amide bonds. The molecule has 0 unspecified atom stereocenters. The molecule has 2 rings (SSSR count). The number of thiocarbonyl (C=S) groups is 1. The molecule has 1 aliphatic rings. The van der Waals surface area contributed by atoms with Crippen LogP contribution in [0.1, 0.15) is 35.2 Å². The summed E-state index contributed by atoms with van der Waals surface area (Å²) in [6, 6.07) is 7.21. The van der Waals surface area contributed by atoms with Gasteiger partial charge >= 0.3 is 0 Å². The van der Waals surface area contributed by atoms with E-state index in [0.717, 1.165) is 18.4 Å². The second-order valence-electron chi connectivity index (χ2n) is 6.08. The largest absolute Gasteiger partial charge is 0.355 e. The maximum atomic E-state index is 12.2. The van der Waals surface area contributed by atoms with Gasteiger partial charge in [0, 0.05) is 39.2 Å². The third-order valence-corrected chi connectivity index (χ3v) is 5.58. The predicted octanol–water partition coefficient (Wildman–Crippen LogP) is 2.04. The van der Waals surface area contributed by atoms with Crippen molar-refractivity contribution in [2.75, 3.05) is 26.4 Å². The summed E-state index contributed by atoms with van der Waals surface area (Å²) >= 11 is 6.53. The minimum Gasteiger partial charge on any atom is -0.355 e. The number of hydrogen-bond acceptors (Lipinski definition) is 5. The van der Waals surface area contributed by atoms with Gasteiger partial charge in [-0.15, -0.1) is 0 Å². The molecule has 1 aromatic carbocycles. The fourth-order valence-electron chi connectivity index (χ4n) is 2.60. The van der Waals surface area contributed by atoms with Gasteiger partial charge in [0.2, 0.25) is 11.8 Å². The van der Waals surface area contributed by atoms with Crippen LogP contribution in [0.4, 0.5) is 0 Å². The average Bonchev–Trinajstić information content (AvgIpc) is 2.96. The van der Waals surface area contributed by atoms with Crippen LogP contribution in [-0.2, 0) is 16.1 Å².